The Bertz CT molecular complexity index is 528. The Morgan fingerprint density at radius 2 is 2.05 bits per heavy atom. The molecule has 1 rings (SSSR count). The quantitative estimate of drug-likeness (QED) is 0.769. The highest BCUT2D eigenvalue weighted by atomic mass is 32.2. The maximum absolute atomic E-state index is 12.2. The van der Waals surface area contributed by atoms with Crippen LogP contribution in [0.25, 0.3) is 0 Å². The fourth-order valence-electron chi connectivity index (χ4n) is 1.62. The van der Waals surface area contributed by atoms with E-state index in [0.717, 1.165) is 6.42 Å². The molecule has 0 heterocycles. The zero-order chi connectivity index (χ0) is 15.2. The Morgan fingerprint density at radius 1 is 1.35 bits per heavy atom. The number of benzene rings is 1. The fourth-order valence-corrected chi connectivity index (χ4v) is 2.84. The molecule has 0 saturated heterocycles. The molecule has 1 aromatic rings. The van der Waals surface area contributed by atoms with E-state index in [1.807, 2.05) is 20.8 Å². The third kappa shape index (κ3) is 4.47. The van der Waals surface area contributed by atoms with Crippen molar-refractivity contribution in [2.45, 2.75) is 38.7 Å². The van der Waals surface area contributed by atoms with Gasteiger partial charge in [-0.2, -0.15) is 0 Å². The number of sulfonamides is 1. The van der Waals surface area contributed by atoms with Gasteiger partial charge >= 0.3 is 0 Å². The summed E-state index contributed by atoms with van der Waals surface area (Å²) in [5, 5.41) is 9.30. The Balaban J connectivity index is 2.95. The van der Waals surface area contributed by atoms with Crippen LogP contribution < -0.4 is 9.46 Å². The molecule has 114 valence electrons. The first-order chi connectivity index (χ1) is 9.44. The van der Waals surface area contributed by atoms with Crippen LogP contribution in [0, 0.1) is 5.92 Å². The van der Waals surface area contributed by atoms with Gasteiger partial charge in [0.2, 0.25) is 10.0 Å². The molecule has 0 spiro atoms. The van der Waals surface area contributed by atoms with Crippen molar-refractivity contribution >= 4 is 10.0 Å². The molecule has 0 saturated carbocycles. The minimum atomic E-state index is -3.55. The van der Waals surface area contributed by atoms with Gasteiger partial charge < -0.3 is 9.84 Å². The molecule has 1 atom stereocenters. The Labute approximate surface area is 121 Å². The van der Waals surface area contributed by atoms with E-state index < -0.39 is 10.0 Å². The van der Waals surface area contributed by atoms with Gasteiger partial charge in [0.05, 0.1) is 18.1 Å². The van der Waals surface area contributed by atoms with E-state index in [-0.39, 0.29) is 17.4 Å². The van der Waals surface area contributed by atoms with Crippen molar-refractivity contribution in [2.75, 3.05) is 13.2 Å². The normalized spacial score (nSPS) is 13.2. The summed E-state index contributed by atoms with van der Waals surface area (Å²) in [5.74, 6) is 0.792. The van der Waals surface area contributed by atoms with Crippen LogP contribution in [-0.4, -0.2) is 26.7 Å². The molecule has 0 bridgehead atoms. The summed E-state index contributed by atoms with van der Waals surface area (Å²) in [6, 6.07) is 4.51. The molecule has 1 unspecified atom stereocenters. The van der Waals surface area contributed by atoms with Crippen molar-refractivity contribution in [1.29, 1.82) is 0 Å². The Morgan fingerprint density at radius 3 is 2.60 bits per heavy atom. The van der Waals surface area contributed by atoms with Crippen LogP contribution in [0.3, 0.4) is 0 Å². The topological polar surface area (TPSA) is 75.6 Å². The van der Waals surface area contributed by atoms with Crippen LogP contribution in [0.2, 0.25) is 0 Å². The van der Waals surface area contributed by atoms with E-state index in [4.69, 9.17) is 4.74 Å². The van der Waals surface area contributed by atoms with E-state index in [1.54, 1.807) is 6.07 Å². The van der Waals surface area contributed by atoms with Gasteiger partial charge in [-0.25, -0.2) is 13.1 Å². The van der Waals surface area contributed by atoms with Crippen LogP contribution in [0.15, 0.2) is 23.1 Å². The van der Waals surface area contributed by atoms with Crippen LogP contribution in [0.1, 0.15) is 32.8 Å². The number of ether oxygens (including phenoxy) is 1. The summed E-state index contributed by atoms with van der Waals surface area (Å²) < 4.78 is 32.2. The van der Waals surface area contributed by atoms with Gasteiger partial charge in [0, 0.05) is 12.1 Å². The van der Waals surface area contributed by atoms with Crippen LogP contribution in [-0.2, 0) is 16.6 Å². The second-order valence-corrected chi connectivity index (χ2v) is 6.49. The second-order valence-electron chi connectivity index (χ2n) is 4.73. The van der Waals surface area contributed by atoms with E-state index >= 15 is 0 Å². The predicted octanol–water partition coefficient (Wildman–Crippen LogP) is 1.90. The number of aliphatic hydroxyl groups is 1. The molecule has 0 radical (unpaired) electrons. The zero-order valence-electron chi connectivity index (χ0n) is 12.2. The second kappa shape index (κ2) is 7.61. The maximum atomic E-state index is 12.2. The molecule has 5 nitrogen and oxygen atoms in total. The molecule has 1 aromatic carbocycles. The molecule has 0 amide bonds. The number of aliphatic hydroxyl groups excluding tert-OH is 1. The van der Waals surface area contributed by atoms with Gasteiger partial charge in [0.1, 0.15) is 5.75 Å². The summed E-state index contributed by atoms with van der Waals surface area (Å²) >= 11 is 0. The molecule has 0 aromatic heterocycles. The molecule has 20 heavy (non-hydrogen) atoms. The van der Waals surface area contributed by atoms with Crippen molar-refractivity contribution in [3.63, 3.8) is 0 Å². The van der Waals surface area contributed by atoms with E-state index in [9.17, 15) is 13.5 Å². The van der Waals surface area contributed by atoms with Gasteiger partial charge in [-0.3, -0.25) is 0 Å². The number of hydrogen-bond acceptors (Lipinski definition) is 4. The standard InChI is InChI=1S/C14H23NO4S/c1-4-11(3)9-15-20(17,18)13-6-7-14(19-5-2)12(8-13)10-16/h6-8,11,15-16H,4-5,9-10H2,1-3H3. The predicted molar refractivity (Wildman–Crippen MR) is 78.2 cm³/mol. The van der Waals surface area contributed by atoms with Crippen molar-refractivity contribution < 1.29 is 18.3 Å². The smallest absolute Gasteiger partial charge is 0.240 e. The number of hydrogen-bond donors (Lipinski definition) is 2. The summed E-state index contributed by atoms with van der Waals surface area (Å²) in [6.07, 6.45) is 0.910. The Kier molecular flexibility index (Phi) is 6.45. The van der Waals surface area contributed by atoms with Crippen LogP contribution in [0.4, 0.5) is 0 Å². The third-order valence-corrected chi connectivity index (χ3v) is 4.55. The van der Waals surface area contributed by atoms with E-state index in [0.29, 0.717) is 24.5 Å². The first-order valence-electron chi connectivity index (χ1n) is 6.80. The van der Waals surface area contributed by atoms with Crippen molar-refractivity contribution in [3.8, 4) is 5.75 Å². The maximum Gasteiger partial charge on any atom is 0.240 e. The van der Waals surface area contributed by atoms with Crippen LogP contribution >= 0.6 is 0 Å². The van der Waals surface area contributed by atoms with Crippen molar-refractivity contribution in [3.05, 3.63) is 23.8 Å². The molecular weight excluding hydrogens is 278 g/mol. The molecule has 0 aliphatic heterocycles. The summed E-state index contributed by atoms with van der Waals surface area (Å²) in [5.41, 5.74) is 0.471. The molecule has 2 N–H and O–H groups in total. The van der Waals surface area contributed by atoms with E-state index in [2.05, 4.69) is 4.72 Å². The summed E-state index contributed by atoms with van der Waals surface area (Å²) in [4.78, 5) is 0.147. The first kappa shape index (κ1) is 16.9. The Hall–Kier alpha value is -1.11. The van der Waals surface area contributed by atoms with Gasteiger partial charge in [-0.15, -0.1) is 0 Å². The number of nitrogens with one attached hydrogen (secondary N) is 1. The molecule has 0 aliphatic carbocycles. The van der Waals surface area contributed by atoms with Gasteiger partial charge in [0.25, 0.3) is 0 Å². The third-order valence-electron chi connectivity index (χ3n) is 3.13. The molecule has 0 fully saturated rings. The van der Waals surface area contributed by atoms with Gasteiger partial charge in [-0.05, 0) is 31.0 Å². The summed E-state index contributed by atoms with van der Waals surface area (Å²) in [6.45, 7) is 6.44. The van der Waals surface area contributed by atoms with Crippen molar-refractivity contribution in [1.82, 2.24) is 4.72 Å². The lowest BCUT2D eigenvalue weighted by Crippen LogP contribution is -2.28. The minimum Gasteiger partial charge on any atom is -0.494 e. The fraction of sp³-hybridized carbons (Fsp3) is 0.571. The minimum absolute atomic E-state index is 0.147. The lowest BCUT2D eigenvalue weighted by molar-refractivity contribution is 0.266. The lowest BCUT2D eigenvalue weighted by Gasteiger charge is -2.13. The van der Waals surface area contributed by atoms with Gasteiger partial charge in [-0.1, -0.05) is 20.3 Å². The average Bonchev–Trinajstić information content (AvgIpc) is 2.45. The first-order valence-corrected chi connectivity index (χ1v) is 8.29. The zero-order valence-corrected chi connectivity index (χ0v) is 13.0. The van der Waals surface area contributed by atoms with E-state index in [1.165, 1.54) is 12.1 Å². The highest BCUT2D eigenvalue weighted by molar-refractivity contribution is 7.89. The summed E-state index contributed by atoms with van der Waals surface area (Å²) in [7, 11) is -3.55. The van der Waals surface area contributed by atoms with Crippen molar-refractivity contribution in [2.24, 2.45) is 5.92 Å². The van der Waals surface area contributed by atoms with Gasteiger partial charge in [0.15, 0.2) is 0 Å². The monoisotopic (exact) mass is 301 g/mol. The highest BCUT2D eigenvalue weighted by Gasteiger charge is 2.17. The SMILES string of the molecule is CCOc1ccc(S(=O)(=O)NCC(C)CC)cc1CO. The molecular formula is C14H23NO4S. The highest BCUT2D eigenvalue weighted by Crippen LogP contribution is 2.22. The lowest BCUT2D eigenvalue weighted by atomic mass is 10.1. The average molecular weight is 301 g/mol. The molecule has 0 aliphatic rings. The largest absolute Gasteiger partial charge is 0.494 e. The molecule has 6 heteroatoms. The number of rotatable bonds is 8. The van der Waals surface area contributed by atoms with Crippen LogP contribution in [0.5, 0.6) is 5.75 Å².